The molecular formula is C17H13NO4. The highest BCUT2D eigenvalue weighted by atomic mass is 16.6. The zero-order valence-corrected chi connectivity index (χ0v) is 12.1. The highest BCUT2D eigenvalue weighted by Gasteiger charge is 2.14. The number of nitrogens with zero attached hydrogens (tertiary/aromatic N) is 1. The van der Waals surface area contributed by atoms with Crippen molar-refractivity contribution in [2.24, 2.45) is 0 Å². The number of nitriles is 1. The van der Waals surface area contributed by atoms with Gasteiger partial charge in [-0.1, -0.05) is 0 Å². The van der Waals surface area contributed by atoms with E-state index in [2.05, 4.69) is 0 Å². The van der Waals surface area contributed by atoms with Gasteiger partial charge < -0.3 is 9.47 Å². The minimum absolute atomic E-state index is 0.108. The molecule has 0 aliphatic rings. The molecule has 5 nitrogen and oxygen atoms in total. The van der Waals surface area contributed by atoms with E-state index < -0.39 is 5.97 Å². The van der Waals surface area contributed by atoms with Gasteiger partial charge in [-0.3, -0.25) is 4.79 Å². The number of esters is 1. The molecule has 0 aromatic heterocycles. The van der Waals surface area contributed by atoms with Gasteiger partial charge in [0.15, 0.2) is 17.3 Å². The molecule has 0 aliphatic heterocycles. The molecule has 110 valence electrons. The molecular weight excluding hydrogens is 282 g/mol. The Morgan fingerprint density at radius 2 is 1.64 bits per heavy atom. The van der Waals surface area contributed by atoms with Gasteiger partial charge in [0.25, 0.3) is 0 Å². The Bertz CT molecular complexity index is 757. The van der Waals surface area contributed by atoms with E-state index in [4.69, 9.17) is 14.7 Å². The van der Waals surface area contributed by atoms with Crippen molar-refractivity contribution in [3.05, 3.63) is 59.2 Å². The first-order valence-corrected chi connectivity index (χ1v) is 6.46. The van der Waals surface area contributed by atoms with Crippen molar-refractivity contribution < 1.29 is 19.1 Å². The maximum atomic E-state index is 12.1. The number of carbonyl (C=O) groups is 2. The van der Waals surface area contributed by atoms with Crippen LogP contribution in [0.25, 0.3) is 0 Å². The topological polar surface area (TPSA) is 76.4 Å². The quantitative estimate of drug-likeness (QED) is 0.492. The number of methoxy groups -OCH3 is 1. The molecule has 0 radical (unpaired) electrons. The minimum Gasteiger partial charge on any atom is -0.493 e. The number of carbonyl (C=O) groups excluding carboxylic acids is 2. The summed E-state index contributed by atoms with van der Waals surface area (Å²) in [6.45, 7) is 1.44. The van der Waals surface area contributed by atoms with Crippen molar-refractivity contribution in [3.63, 3.8) is 0 Å². The SMILES string of the molecule is COc1cc(C(C)=O)ccc1OC(=O)c1ccc(C#N)cc1. The van der Waals surface area contributed by atoms with Crippen molar-refractivity contribution >= 4 is 11.8 Å². The molecule has 0 saturated heterocycles. The van der Waals surface area contributed by atoms with E-state index >= 15 is 0 Å². The first-order valence-electron chi connectivity index (χ1n) is 6.46. The van der Waals surface area contributed by atoms with Crippen LogP contribution in [0.5, 0.6) is 11.5 Å². The Kier molecular flexibility index (Phi) is 4.54. The molecule has 0 unspecified atom stereocenters. The number of hydrogen-bond donors (Lipinski definition) is 0. The van der Waals surface area contributed by atoms with Gasteiger partial charge in [-0.15, -0.1) is 0 Å². The monoisotopic (exact) mass is 295 g/mol. The van der Waals surface area contributed by atoms with Crippen LogP contribution >= 0.6 is 0 Å². The first kappa shape index (κ1) is 15.3. The molecule has 2 rings (SSSR count). The predicted molar refractivity (Wildman–Crippen MR) is 79.1 cm³/mol. The summed E-state index contributed by atoms with van der Waals surface area (Å²) in [4.78, 5) is 23.4. The number of rotatable bonds is 4. The summed E-state index contributed by atoms with van der Waals surface area (Å²) in [5.74, 6) is -0.154. The zero-order valence-electron chi connectivity index (χ0n) is 12.1. The van der Waals surface area contributed by atoms with Gasteiger partial charge in [0.2, 0.25) is 0 Å². The third-order valence-corrected chi connectivity index (χ3v) is 3.02. The molecule has 5 heteroatoms. The third-order valence-electron chi connectivity index (χ3n) is 3.02. The van der Waals surface area contributed by atoms with Crippen molar-refractivity contribution in [3.8, 4) is 17.6 Å². The summed E-state index contributed by atoms with van der Waals surface area (Å²) in [6, 6.07) is 12.7. The Morgan fingerprint density at radius 3 is 2.18 bits per heavy atom. The second-order valence-electron chi connectivity index (χ2n) is 4.50. The first-order chi connectivity index (χ1) is 10.5. The molecule has 0 heterocycles. The van der Waals surface area contributed by atoms with Crippen molar-refractivity contribution in [2.45, 2.75) is 6.92 Å². The lowest BCUT2D eigenvalue weighted by Gasteiger charge is -2.10. The summed E-state index contributed by atoms with van der Waals surface area (Å²) >= 11 is 0. The number of ketones is 1. The fourth-order valence-corrected chi connectivity index (χ4v) is 1.81. The highest BCUT2D eigenvalue weighted by Crippen LogP contribution is 2.29. The molecule has 0 spiro atoms. The second-order valence-corrected chi connectivity index (χ2v) is 4.50. The van der Waals surface area contributed by atoms with E-state index in [1.165, 1.54) is 50.4 Å². The molecule has 2 aromatic rings. The van der Waals surface area contributed by atoms with E-state index in [9.17, 15) is 9.59 Å². The maximum absolute atomic E-state index is 12.1. The van der Waals surface area contributed by atoms with E-state index in [1.807, 2.05) is 6.07 Å². The van der Waals surface area contributed by atoms with E-state index in [0.29, 0.717) is 22.4 Å². The molecule has 0 N–H and O–H groups in total. The second kappa shape index (κ2) is 6.55. The smallest absolute Gasteiger partial charge is 0.343 e. The number of hydrogen-bond acceptors (Lipinski definition) is 5. The Balaban J connectivity index is 2.24. The Hall–Kier alpha value is -3.13. The van der Waals surface area contributed by atoms with Gasteiger partial charge in [0.1, 0.15) is 0 Å². The van der Waals surface area contributed by atoms with E-state index in [1.54, 1.807) is 6.07 Å². The van der Waals surface area contributed by atoms with Crippen LogP contribution in [0.15, 0.2) is 42.5 Å². The summed E-state index contributed by atoms with van der Waals surface area (Å²) in [5.41, 5.74) is 1.24. The minimum atomic E-state index is -0.571. The Morgan fingerprint density at radius 1 is 1.00 bits per heavy atom. The summed E-state index contributed by atoms with van der Waals surface area (Å²) < 4.78 is 10.4. The Labute approximate surface area is 127 Å². The average Bonchev–Trinajstić information content (AvgIpc) is 2.55. The molecule has 0 atom stereocenters. The lowest BCUT2D eigenvalue weighted by atomic mass is 10.1. The molecule has 0 amide bonds. The van der Waals surface area contributed by atoms with Crippen LogP contribution in [-0.4, -0.2) is 18.9 Å². The van der Waals surface area contributed by atoms with Crippen molar-refractivity contribution in [1.29, 1.82) is 5.26 Å². The van der Waals surface area contributed by atoms with Crippen LogP contribution in [0.3, 0.4) is 0 Å². The average molecular weight is 295 g/mol. The maximum Gasteiger partial charge on any atom is 0.343 e. The molecule has 0 aliphatic carbocycles. The van der Waals surface area contributed by atoms with Gasteiger partial charge in [-0.05, 0) is 49.4 Å². The van der Waals surface area contributed by atoms with Crippen molar-refractivity contribution in [1.82, 2.24) is 0 Å². The van der Waals surface area contributed by atoms with Crippen LogP contribution in [0.4, 0.5) is 0 Å². The van der Waals surface area contributed by atoms with Crippen molar-refractivity contribution in [2.75, 3.05) is 7.11 Å². The number of ether oxygens (including phenoxy) is 2. The van der Waals surface area contributed by atoms with E-state index in [-0.39, 0.29) is 11.5 Å². The van der Waals surface area contributed by atoms with Crippen LogP contribution in [0.2, 0.25) is 0 Å². The summed E-state index contributed by atoms with van der Waals surface area (Å²) in [5, 5.41) is 8.73. The summed E-state index contributed by atoms with van der Waals surface area (Å²) in [6.07, 6.45) is 0. The highest BCUT2D eigenvalue weighted by molar-refractivity contribution is 5.95. The number of benzene rings is 2. The molecule has 0 fully saturated rings. The van der Waals surface area contributed by atoms with Crippen LogP contribution in [0.1, 0.15) is 33.2 Å². The standard InChI is InChI=1S/C17H13NO4/c1-11(19)14-7-8-15(16(9-14)21-2)22-17(20)13-5-3-12(10-18)4-6-13/h3-9H,1-2H3. The predicted octanol–water partition coefficient (Wildman–Crippen LogP) is 2.99. The molecule has 0 saturated carbocycles. The van der Waals surface area contributed by atoms with Crippen LogP contribution in [-0.2, 0) is 0 Å². The largest absolute Gasteiger partial charge is 0.493 e. The van der Waals surface area contributed by atoms with Gasteiger partial charge >= 0.3 is 5.97 Å². The lowest BCUT2D eigenvalue weighted by molar-refractivity contribution is 0.0729. The van der Waals surface area contributed by atoms with Crippen LogP contribution < -0.4 is 9.47 Å². The molecule has 22 heavy (non-hydrogen) atoms. The van der Waals surface area contributed by atoms with Crippen LogP contribution in [0, 0.1) is 11.3 Å². The van der Waals surface area contributed by atoms with Gasteiger partial charge in [-0.25, -0.2) is 4.79 Å². The van der Waals surface area contributed by atoms with Gasteiger partial charge in [0.05, 0.1) is 24.3 Å². The lowest BCUT2D eigenvalue weighted by Crippen LogP contribution is -2.09. The normalized spacial score (nSPS) is 9.68. The fourth-order valence-electron chi connectivity index (χ4n) is 1.81. The van der Waals surface area contributed by atoms with E-state index in [0.717, 1.165) is 0 Å². The number of Topliss-reactive ketones (excluding diaryl/α,β-unsaturated/α-hetero) is 1. The fraction of sp³-hybridized carbons (Fsp3) is 0.118. The van der Waals surface area contributed by atoms with Gasteiger partial charge in [0, 0.05) is 5.56 Å². The molecule has 0 bridgehead atoms. The zero-order chi connectivity index (χ0) is 16.1. The third kappa shape index (κ3) is 3.30. The summed E-state index contributed by atoms with van der Waals surface area (Å²) in [7, 11) is 1.43. The molecule has 2 aromatic carbocycles. The van der Waals surface area contributed by atoms with Gasteiger partial charge in [-0.2, -0.15) is 5.26 Å².